The number of halogens is 1. The fraction of sp³-hybridized carbons (Fsp3) is 0.125. The normalized spacial score (nSPS) is 10.0. The van der Waals surface area contributed by atoms with Crippen LogP contribution in [0.3, 0.4) is 0 Å². The van der Waals surface area contributed by atoms with Crippen molar-refractivity contribution in [2.45, 2.75) is 13.5 Å². The molecule has 0 saturated heterocycles. The van der Waals surface area contributed by atoms with Gasteiger partial charge in [-0.2, -0.15) is 0 Å². The van der Waals surface area contributed by atoms with Gasteiger partial charge in [0.1, 0.15) is 12.4 Å². The van der Waals surface area contributed by atoms with E-state index in [2.05, 4.69) is 27.8 Å². The third kappa shape index (κ3) is 3.61. The average molecular weight is 318 g/mol. The molecular formula is C16H16BrNO. The minimum absolute atomic E-state index is 0.552. The third-order valence-electron chi connectivity index (χ3n) is 2.77. The highest BCUT2D eigenvalue weighted by Gasteiger charge is 2.06. The summed E-state index contributed by atoms with van der Waals surface area (Å²) in [6.07, 6.45) is 1.66. The van der Waals surface area contributed by atoms with Gasteiger partial charge < -0.3 is 10.1 Å². The monoisotopic (exact) mass is 317 g/mol. The molecule has 2 rings (SSSR count). The van der Waals surface area contributed by atoms with E-state index < -0.39 is 0 Å². The van der Waals surface area contributed by atoms with Crippen molar-refractivity contribution < 1.29 is 4.74 Å². The van der Waals surface area contributed by atoms with Crippen molar-refractivity contribution in [3.8, 4) is 5.75 Å². The first-order valence-electron chi connectivity index (χ1n) is 6.05. The Morgan fingerprint density at radius 3 is 2.68 bits per heavy atom. The van der Waals surface area contributed by atoms with E-state index in [-0.39, 0.29) is 0 Å². The number of benzene rings is 2. The molecule has 0 aliphatic carbocycles. The Balaban J connectivity index is 2.15. The number of aryl methyl sites for hydroxylation is 1. The summed E-state index contributed by atoms with van der Waals surface area (Å²) in [5.74, 6) is 0.818. The molecule has 19 heavy (non-hydrogen) atoms. The highest BCUT2D eigenvalue weighted by atomic mass is 79.9. The molecule has 0 radical (unpaired) electrons. The van der Waals surface area contributed by atoms with Crippen LogP contribution in [-0.4, -0.2) is 0 Å². The number of hydrogen-bond acceptors (Lipinski definition) is 2. The summed E-state index contributed by atoms with van der Waals surface area (Å²) in [5.41, 5.74) is 3.29. The van der Waals surface area contributed by atoms with Gasteiger partial charge in [-0.15, -0.1) is 0 Å². The van der Waals surface area contributed by atoms with Gasteiger partial charge in [0.2, 0.25) is 0 Å². The van der Waals surface area contributed by atoms with E-state index >= 15 is 0 Å². The van der Waals surface area contributed by atoms with Gasteiger partial charge in [0.05, 0.1) is 4.47 Å². The quantitative estimate of drug-likeness (QED) is 0.847. The van der Waals surface area contributed by atoms with Crippen molar-refractivity contribution in [2.24, 2.45) is 0 Å². The fourth-order valence-electron chi connectivity index (χ4n) is 1.76. The summed E-state index contributed by atoms with van der Waals surface area (Å²) >= 11 is 3.53. The van der Waals surface area contributed by atoms with E-state index in [1.54, 1.807) is 6.20 Å². The van der Waals surface area contributed by atoms with Gasteiger partial charge in [-0.3, -0.25) is 0 Å². The third-order valence-corrected chi connectivity index (χ3v) is 3.39. The second-order valence-electron chi connectivity index (χ2n) is 4.22. The molecule has 1 N–H and O–H groups in total. The average Bonchev–Trinajstić information content (AvgIpc) is 2.42. The number of hydrogen-bond donors (Lipinski definition) is 1. The Hall–Kier alpha value is -1.74. The van der Waals surface area contributed by atoms with Gasteiger partial charge in [-0.1, -0.05) is 36.9 Å². The van der Waals surface area contributed by atoms with Crippen molar-refractivity contribution in [1.29, 1.82) is 0 Å². The minimum Gasteiger partial charge on any atom is -0.488 e. The van der Waals surface area contributed by atoms with Crippen molar-refractivity contribution in [2.75, 3.05) is 5.32 Å². The van der Waals surface area contributed by atoms with E-state index in [9.17, 15) is 0 Å². The van der Waals surface area contributed by atoms with Crippen LogP contribution in [0.4, 0.5) is 5.69 Å². The van der Waals surface area contributed by atoms with Crippen molar-refractivity contribution >= 4 is 21.6 Å². The summed E-state index contributed by atoms with van der Waals surface area (Å²) in [6, 6.07) is 14.1. The predicted octanol–water partition coefficient (Wildman–Crippen LogP) is 4.89. The van der Waals surface area contributed by atoms with Crippen LogP contribution in [0.2, 0.25) is 0 Å². The topological polar surface area (TPSA) is 21.3 Å². The molecule has 2 nitrogen and oxygen atoms in total. The van der Waals surface area contributed by atoms with Crippen molar-refractivity contribution in [1.82, 2.24) is 0 Å². The first-order valence-corrected chi connectivity index (χ1v) is 6.84. The Morgan fingerprint density at radius 1 is 1.26 bits per heavy atom. The molecule has 3 heteroatoms. The highest BCUT2D eigenvalue weighted by Crippen LogP contribution is 2.31. The molecule has 0 atom stereocenters. The summed E-state index contributed by atoms with van der Waals surface area (Å²) in [7, 11) is 0. The largest absolute Gasteiger partial charge is 0.488 e. The molecule has 0 bridgehead atoms. The summed E-state index contributed by atoms with van der Waals surface area (Å²) < 4.78 is 6.80. The van der Waals surface area contributed by atoms with Crippen LogP contribution in [0.15, 0.2) is 59.7 Å². The lowest BCUT2D eigenvalue weighted by Crippen LogP contribution is -1.98. The first kappa shape index (κ1) is 13.7. The molecule has 0 fully saturated rings. The maximum absolute atomic E-state index is 5.84. The van der Waals surface area contributed by atoms with Gasteiger partial charge >= 0.3 is 0 Å². The van der Waals surface area contributed by atoms with Crippen LogP contribution in [-0.2, 0) is 6.61 Å². The zero-order valence-electron chi connectivity index (χ0n) is 10.8. The SMILES string of the molecule is C=CNc1cc(OCc2ccccc2)c(Br)cc1C. The summed E-state index contributed by atoms with van der Waals surface area (Å²) in [6.45, 7) is 6.27. The maximum atomic E-state index is 5.84. The lowest BCUT2D eigenvalue weighted by Gasteiger charge is -2.12. The van der Waals surface area contributed by atoms with Gasteiger partial charge in [0.25, 0.3) is 0 Å². The van der Waals surface area contributed by atoms with Gasteiger partial charge in [-0.25, -0.2) is 0 Å². The Kier molecular flexibility index (Phi) is 4.63. The molecular weight excluding hydrogens is 302 g/mol. The number of ether oxygens (including phenoxy) is 1. The molecule has 0 unspecified atom stereocenters. The van der Waals surface area contributed by atoms with Crippen LogP contribution in [0.5, 0.6) is 5.75 Å². The summed E-state index contributed by atoms with van der Waals surface area (Å²) in [5, 5.41) is 3.10. The molecule has 0 heterocycles. The molecule has 0 saturated carbocycles. The van der Waals surface area contributed by atoms with Crippen molar-refractivity contribution in [3.05, 3.63) is 70.8 Å². The minimum atomic E-state index is 0.552. The van der Waals surface area contributed by atoms with Gasteiger partial charge in [-0.05, 0) is 46.2 Å². The molecule has 98 valence electrons. The van der Waals surface area contributed by atoms with Crippen LogP contribution in [0, 0.1) is 6.92 Å². The van der Waals surface area contributed by atoms with Crippen LogP contribution in [0.25, 0.3) is 0 Å². The number of anilines is 1. The lowest BCUT2D eigenvalue weighted by atomic mass is 10.2. The summed E-state index contributed by atoms with van der Waals surface area (Å²) in [4.78, 5) is 0. The van der Waals surface area contributed by atoms with Crippen LogP contribution >= 0.6 is 15.9 Å². The second kappa shape index (κ2) is 6.43. The highest BCUT2D eigenvalue weighted by molar-refractivity contribution is 9.10. The Bertz CT molecular complexity index is 566. The molecule has 0 aliphatic heterocycles. The fourth-order valence-corrected chi connectivity index (χ4v) is 2.34. The zero-order chi connectivity index (χ0) is 13.7. The molecule has 0 aliphatic rings. The molecule has 0 amide bonds. The van der Waals surface area contributed by atoms with E-state index in [1.807, 2.05) is 49.4 Å². The smallest absolute Gasteiger partial charge is 0.136 e. The predicted molar refractivity (Wildman–Crippen MR) is 83.5 cm³/mol. The van der Waals surface area contributed by atoms with Crippen molar-refractivity contribution in [3.63, 3.8) is 0 Å². The molecule has 2 aromatic rings. The second-order valence-corrected chi connectivity index (χ2v) is 5.07. The Morgan fingerprint density at radius 2 is 2.00 bits per heavy atom. The Labute approximate surface area is 122 Å². The molecule has 2 aromatic carbocycles. The van der Waals surface area contributed by atoms with E-state index in [0.29, 0.717) is 6.61 Å². The van der Waals surface area contributed by atoms with Crippen LogP contribution in [0.1, 0.15) is 11.1 Å². The number of nitrogens with one attached hydrogen (secondary N) is 1. The molecule has 0 spiro atoms. The van der Waals surface area contributed by atoms with E-state index in [1.165, 1.54) is 0 Å². The lowest BCUT2D eigenvalue weighted by molar-refractivity contribution is 0.304. The number of rotatable bonds is 5. The van der Waals surface area contributed by atoms with E-state index in [0.717, 1.165) is 27.0 Å². The van der Waals surface area contributed by atoms with Gasteiger partial charge in [0, 0.05) is 11.8 Å². The van der Waals surface area contributed by atoms with E-state index in [4.69, 9.17) is 4.74 Å². The first-order chi connectivity index (χ1) is 9.20. The van der Waals surface area contributed by atoms with Gasteiger partial charge in [0.15, 0.2) is 0 Å². The van der Waals surface area contributed by atoms with Crippen LogP contribution < -0.4 is 10.1 Å². The zero-order valence-corrected chi connectivity index (χ0v) is 12.4. The standard InChI is InChI=1S/C16H16BrNO/c1-3-18-15-10-16(14(17)9-12(15)2)19-11-13-7-5-4-6-8-13/h3-10,18H,1,11H2,2H3. The maximum Gasteiger partial charge on any atom is 0.136 e. The molecule has 0 aromatic heterocycles.